The van der Waals surface area contributed by atoms with Crippen molar-refractivity contribution in [2.45, 2.75) is 25.7 Å². The van der Waals surface area contributed by atoms with Crippen molar-refractivity contribution in [3.05, 3.63) is 84.4 Å². The van der Waals surface area contributed by atoms with Crippen LogP contribution in [0.2, 0.25) is 0 Å². The molecule has 0 unspecified atom stereocenters. The molecule has 0 radical (unpaired) electrons. The quantitative estimate of drug-likeness (QED) is 0.309. The summed E-state index contributed by atoms with van der Waals surface area (Å²) in [5.74, 6) is 0.796. The summed E-state index contributed by atoms with van der Waals surface area (Å²) in [5.41, 5.74) is 5.51. The minimum atomic E-state index is -0.143. The predicted octanol–water partition coefficient (Wildman–Crippen LogP) is 5.58. The van der Waals surface area contributed by atoms with Crippen LogP contribution in [0.5, 0.6) is 0 Å². The number of unbranched alkanes of at least 4 members (excludes halogenated alkanes) is 1. The van der Waals surface area contributed by atoms with Gasteiger partial charge in [0.05, 0.1) is 18.1 Å². The Morgan fingerprint density at radius 3 is 2.38 bits per heavy atom. The van der Waals surface area contributed by atoms with Crippen LogP contribution < -0.4 is 0 Å². The molecule has 0 fully saturated rings. The van der Waals surface area contributed by atoms with E-state index in [-0.39, 0.29) is 5.97 Å². The maximum atomic E-state index is 11.3. The first kappa shape index (κ1) is 18.9. The second-order valence-corrected chi connectivity index (χ2v) is 7.08. The zero-order valence-corrected chi connectivity index (χ0v) is 16.5. The van der Waals surface area contributed by atoms with E-state index in [1.165, 1.54) is 12.7 Å². The van der Waals surface area contributed by atoms with Crippen LogP contribution in [0.1, 0.15) is 24.8 Å². The summed E-state index contributed by atoms with van der Waals surface area (Å²) in [5, 5.41) is 0. The molecule has 1 aromatic heterocycles. The van der Waals surface area contributed by atoms with Gasteiger partial charge in [0, 0.05) is 17.7 Å². The molecule has 0 spiro atoms. The van der Waals surface area contributed by atoms with Gasteiger partial charge in [0.2, 0.25) is 0 Å². The molecule has 0 bridgehead atoms. The highest BCUT2D eigenvalue weighted by atomic mass is 16.5. The molecule has 4 aromatic rings. The van der Waals surface area contributed by atoms with Gasteiger partial charge in [0.25, 0.3) is 0 Å². The summed E-state index contributed by atoms with van der Waals surface area (Å²) in [6, 6.07) is 27.1. The van der Waals surface area contributed by atoms with E-state index in [1.807, 2.05) is 36.4 Å². The number of aryl methyl sites for hydroxylation is 1. The van der Waals surface area contributed by atoms with E-state index < -0.39 is 0 Å². The first-order chi connectivity index (χ1) is 14.3. The Balaban J connectivity index is 1.71. The lowest BCUT2D eigenvalue weighted by atomic mass is 10.1. The van der Waals surface area contributed by atoms with Gasteiger partial charge >= 0.3 is 5.97 Å². The normalized spacial score (nSPS) is 10.9. The lowest BCUT2D eigenvalue weighted by Gasteiger charge is -2.10. The fourth-order valence-corrected chi connectivity index (χ4v) is 3.60. The minimum absolute atomic E-state index is 0.143. The zero-order valence-electron chi connectivity index (χ0n) is 16.5. The SMILES string of the molecule is COC(=O)CCCCc1ccc2nc(-c3ccccc3)n(-c3ccccc3)c2c1. The molecule has 4 heteroatoms. The first-order valence-corrected chi connectivity index (χ1v) is 9.95. The summed E-state index contributed by atoms with van der Waals surface area (Å²) in [4.78, 5) is 16.2. The molecule has 1 heterocycles. The molecule has 0 saturated heterocycles. The highest BCUT2D eigenvalue weighted by Crippen LogP contribution is 2.29. The third-order valence-electron chi connectivity index (χ3n) is 5.09. The lowest BCUT2D eigenvalue weighted by molar-refractivity contribution is -0.140. The van der Waals surface area contributed by atoms with Crippen LogP contribution in [0, 0.1) is 0 Å². The number of nitrogens with zero attached hydrogens (tertiary/aromatic N) is 2. The molecule has 0 amide bonds. The summed E-state index contributed by atoms with van der Waals surface area (Å²) in [7, 11) is 1.44. The largest absolute Gasteiger partial charge is 0.469 e. The van der Waals surface area contributed by atoms with Gasteiger partial charge in [-0.2, -0.15) is 0 Å². The van der Waals surface area contributed by atoms with Crippen LogP contribution in [0.3, 0.4) is 0 Å². The Morgan fingerprint density at radius 1 is 0.931 bits per heavy atom. The van der Waals surface area contributed by atoms with Crippen molar-refractivity contribution in [2.75, 3.05) is 7.11 Å². The van der Waals surface area contributed by atoms with Crippen LogP contribution in [0.15, 0.2) is 78.9 Å². The number of fused-ring (bicyclic) bond motifs is 1. The van der Waals surface area contributed by atoms with Gasteiger partial charge in [0.1, 0.15) is 5.82 Å². The number of carbonyl (C=O) groups excluding carboxylic acids is 1. The van der Waals surface area contributed by atoms with Crippen molar-refractivity contribution >= 4 is 17.0 Å². The standard InChI is InChI=1S/C25H24N2O2/c1-29-24(28)15-9-8-10-19-16-17-22-23(18-19)27(21-13-6-3-7-14-21)25(26-22)20-11-4-2-5-12-20/h2-7,11-14,16-18H,8-10,15H2,1H3. The van der Waals surface area contributed by atoms with Gasteiger partial charge in [-0.05, 0) is 49.1 Å². The molecular weight excluding hydrogens is 360 g/mol. The summed E-state index contributed by atoms with van der Waals surface area (Å²) < 4.78 is 6.94. The van der Waals surface area contributed by atoms with Crippen molar-refractivity contribution in [1.29, 1.82) is 0 Å². The second-order valence-electron chi connectivity index (χ2n) is 7.08. The maximum absolute atomic E-state index is 11.3. The van der Waals surface area contributed by atoms with Gasteiger partial charge in [0.15, 0.2) is 0 Å². The van der Waals surface area contributed by atoms with Crippen LogP contribution in [-0.2, 0) is 16.0 Å². The molecule has 29 heavy (non-hydrogen) atoms. The Morgan fingerprint density at radius 2 is 1.66 bits per heavy atom. The predicted molar refractivity (Wildman–Crippen MR) is 116 cm³/mol. The molecule has 0 N–H and O–H groups in total. The molecule has 0 atom stereocenters. The number of ether oxygens (including phenoxy) is 1. The number of imidazole rings is 1. The van der Waals surface area contributed by atoms with E-state index in [4.69, 9.17) is 9.72 Å². The molecule has 0 aliphatic heterocycles. The number of aromatic nitrogens is 2. The molecule has 0 aliphatic rings. The molecule has 3 aromatic carbocycles. The fourth-order valence-electron chi connectivity index (χ4n) is 3.60. The molecular formula is C25H24N2O2. The van der Waals surface area contributed by atoms with Crippen LogP contribution in [0.25, 0.3) is 28.1 Å². The monoisotopic (exact) mass is 384 g/mol. The average Bonchev–Trinajstić information content (AvgIpc) is 3.16. The van der Waals surface area contributed by atoms with E-state index in [9.17, 15) is 4.79 Å². The van der Waals surface area contributed by atoms with Crippen molar-refractivity contribution in [1.82, 2.24) is 9.55 Å². The van der Waals surface area contributed by atoms with Crippen molar-refractivity contribution in [2.24, 2.45) is 0 Å². The number of benzene rings is 3. The number of rotatable bonds is 7. The average molecular weight is 384 g/mol. The van der Waals surface area contributed by atoms with Gasteiger partial charge in [-0.15, -0.1) is 0 Å². The Bertz CT molecular complexity index is 1100. The van der Waals surface area contributed by atoms with Crippen LogP contribution >= 0.6 is 0 Å². The zero-order chi connectivity index (χ0) is 20.1. The molecule has 0 saturated carbocycles. The second kappa shape index (κ2) is 8.74. The topological polar surface area (TPSA) is 44.1 Å². The summed E-state index contributed by atoms with van der Waals surface area (Å²) in [6.45, 7) is 0. The van der Waals surface area contributed by atoms with Gasteiger partial charge in [-0.25, -0.2) is 4.98 Å². The fraction of sp³-hybridized carbons (Fsp3) is 0.200. The summed E-state index contributed by atoms with van der Waals surface area (Å²) in [6.07, 6.45) is 3.18. The molecule has 4 nitrogen and oxygen atoms in total. The molecule has 146 valence electrons. The maximum Gasteiger partial charge on any atom is 0.305 e. The van der Waals surface area contributed by atoms with Gasteiger partial charge in [-0.1, -0.05) is 54.6 Å². The number of para-hydroxylation sites is 1. The highest BCUT2D eigenvalue weighted by molar-refractivity contribution is 5.83. The number of esters is 1. The van der Waals surface area contributed by atoms with E-state index >= 15 is 0 Å². The Labute approximate surface area is 170 Å². The van der Waals surface area contributed by atoms with Crippen LogP contribution in [0.4, 0.5) is 0 Å². The summed E-state index contributed by atoms with van der Waals surface area (Å²) >= 11 is 0. The molecule has 4 rings (SSSR count). The first-order valence-electron chi connectivity index (χ1n) is 9.95. The molecule has 0 aliphatic carbocycles. The Kier molecular flexibility index (Phi) is 5.71. The van der Waals surface area contributed by atoms with Gasteiger partial charge < -0.3 is 4.74 Å². The van der Waals surface area contributed by atoms with E-state index in [1.54, 1.807) is 0 Å². The Hall–Kier alpha value is -3.40. The van der Waals surface area contributed by atoms with Gasteiger partial charge in [-0.3, -0.25) is 9.36 Å². The van der Waals surface area contributed by atoms with E-state index in [0.717, 1.165) is 47.4 Å². The number of carbonyl (C=O) groups is 1. The number of hydrogen-bond donors (Lipinski definition) is 0. The minimum Gasteiger partial charge on any atom is -0.469 e. The third kappa shape index (κ3) is 4.21. The van der Waals surface area contributed by atoms with E-state index in [2.05, 4.69) is 47.0 Å². The van der Waals surface area contributed by atoms with Crippen molar-refractivity contribution in [3.8, 4) is 17.1 Å². The smallest absolute Gasteiger partial charge is 0.305 e. The van der Waals surface area contributed by atoms with Crippen molar-refractivity contribution < 1.29 is 9.53 Å². The lowest BCUT2D eigenvalue weighted by Crippen LogP contribution is -2.00. The third-order valence-corrected chi connectivity index (χ3v) is 5.09. The van der Waals surface area contributed by atoms with Crippen LogP contribution in [-0.4, -0.2) is 22.6 Å². The van der Waals surface area contributed by atoms with Crippen molar-refractivity contribution in [3.63, 3.8) is 0 Å². The van der Waals surface area contributed by atoms with E-state index in [0.29, 0.717) is 6.42 Å². The highest BCUT2D eigenvalue weighted by Gasteiger charge is 2.14. The number of methoxy groups -OCH3 is 1. The number of hydrogen-bond acceptors (Lipinski definition) is 3.